The number of amides is 2. The summed E-state index contributed by atoms with van der Waals surface area (Å²) in [7, 11) is 0. The first-order valence-electron chi connectivity index (χ1n) is 7.46. The number of imide groups is 1. The predicted molar refractivity (Wildman–Crippen MR) is 81.4 cm³/mol. The topological polar surface area (TPSA) is 49.9 Å². The number of hydrogen-bond donors (Lipinski definition) is 0. The van der Waals surface area contributed by atoms with Crippen LogP contribution in [-0.2, 0) is 9.59 Å². The van der Waals surface area contributed by atoms with Crippen molar-refractivity contribution in [3.63, 3.8) is 0 Å². The zero-order valence-corrected chi connectivity index (χ0v) is 12.8. The van der Waals surface area contributed by atoms with Crippen LogP contribution in [0.1, 0.15) is 27.2 Å². The standard InChI is InChI=1S/C16H22N2O3/c1-4-17(5-2)14-11-15(19)18(16(14)20)12-7-9-13(10-8-12)21-6-3/h7-10,14H,4-6,11H2,1-3H3/t14-/m0/s1. The molecule has 114 valence electrons. The van der Waals surface area contributed by atoms with Crippen molar-refractivity contribution in [1.82, 2.24) is 4.90 Å². The summed E-state index contributed by atoms with van der Waals surface area (Å²) in [5, 5.41) is 0. The summed E-state index contributed by atoms with van der Waals surface area (Å²) in [6, 6.07) is 6.74. The third-order valence-electron chi connectivity index (χ3n) is 3.78. The molecule has 2 rings (SSSR count). The smallest absolute Gasteiger partial charge is 0.251 e. The molecule has 5 heteroatoms. The zero-order chi connectivity index (χ0) is 15.4. The van der Waals surface area contributed by atoms with Crippen molar-refractivity contribution >= 4 is 17.5 Å². The van der Waals surface area contributed by atoms with Crippen LogP contribution in [0.15, 0.2) is 24.3 Å². The average molecular weight is 290 g/mol. The molecule has 0 unspecified atom stereocenters. The van der Waals surface area contributed by atoms with E-state index in [-0.39, 0.29) is 24.3 Å². The first kappa shape index (κ1) is 15.5. The van der Waals surface area contributed by atoms with Gasteiger partial charge in [-0.1, -0.05) is 13.8 Å². The Hall–Kier alpha value is -1.88. The SMILES string of the molecule is CCOc1ccc(N2C(=O)C[C@H](N(CC)CC)C2=O)cc1. The molecule has 1 aromatic carbocycles. The van der Waals surface area contributed by atoms with Crippen molar-refractivity contribution in [2.24, 2.45) is 0 Å². The van der Waals surface area contributed by atoms with E-state index in [2.05, 4.69) is 0 Å². The van der Waals surface area contributed by atoms with Crippen molar-refractivity contribution in [2.45, 2.75) is 33.2 Å². The molecule has 1 saturated heterocycles. The van der Waals surface area contributed by atoms with Gasteiger partial charge in [0.1, 0.15) is 5.75 Å². The Kier molecular flexibility index (Phi) is 4.96. The first-order chi connectivity index (χ1) is 10.1. The molecular weight excluding hydrogens is 268 g/mol. The molecule has 1 aliphatic heterocycles. The summed E-state index contributed by atoms with van der Waals surface area (Å²) in [5.74, 6) is 0.467. The van der Waals surface area contributed by atoms with Crippen LogP contribution in [0, 0.1) is 0 Å². The lowest BCUT2D eigenvalue weighted by Crippen LogP contribution is -2.41. The molecular formula is C16H22N2O3. The number of benzene rings is 1. The highest BCUT2D eigenvalue weighted by Gasteiger charge is 2.41. The van der Waals surface area contributed by atoms with Gasteiger partial charge in [-0.25, -0.2) is 4.90 Å². The van der Waals surface area contributed by atoms with Crippen LogP contribution in [0.2, 0.25) is 0 Å². The van der Waals surface area contributed by atoms with E-state index in [0.717, 1.165) is 18.8 Å². The van der Waals surface area contributed by atoms with Gasteiger partial charge in [-0.3, -0.25) is 14.5 Å². The van der Waals surface area contributed by atoms with Crippen LogP contribution in [-0.4, -0.2) is 42.5 Å². The van der Waals surface area contributed by atoms with Gasteiger partial charge in [-0.2, -0.15) is 0 Å². The quantitative estimate of drug-likeness (QED) is 0.753. The van der Waals surface area contributed by atoms with Crippen molar-refractivity contribution < 1.29 is 14.3 Å². The molecule has 21 heavy (non-hydrogen) atoms. The van der Waals surface area contributed by atoms with E-state index in [0.29, 0.717) is 12.3 Å². The van der Waals surface area contributed by atoms with Crippen LogP contribution in [0.5, 0.6) is 5.75 Å². The van der Waals surface area contributed by atoms with E-state index in [1.54, 1.807) is 24.3 Å². The van der Waals surface area contributed by atoms with Crippen LogP contribution >= 0.6 is 0 Å². The number of hydrogen-bond acceptors (Lipinski definition) is 4. The van der Waals surface area contributed by atoms with Gasteiger partial charge in [0.2, 0.25) is 5.91 Å². The minimum absolute atomic E-state index is 0.132. The number of nitrogens with zero attached hydrogens (tertiary/aromatic N) is 2. The van der Waals surface area contributed by atoms with E-state index in [1.165, 1.54) is 4.90 Å². The maximum Gasteiger partial charge on any atom is 0.251 e. The predicted octanol–water partition coefficient (Wildman–Crippen LogP) is 2.06. The molecule has 0 aromatic heterocycles. The van der Waals surface area contributed by atoms with E-state index in [9.17, 15) is 9.59 Å². The second-order valence-corrected chi connectivity index (χ2v) is 4.94. The normalized spacial score (nSPS) is 18.7. The Morgan fingerprint density at radius 3 is 2.29 bits per heavy atom. The molecule has 1 aromatic rings. The fraction of sp³-hybridized carbons (Fsp3) is 0.500. The highest BCUT2D eigenvalue weighted by molar-refractivity contribution is 6.22. The Bertz CT molecular complexity index is 509. The van der Waals surface area contributed by atoms with Crippen LogP contribution in [0.3, 0.4) is 0 Å². The zero-order valence-electron chi connectivity index (χ0n) is 12.8. The summed E-state index contributed by atoms with van der Waals surface area (Å²) in [5.41, 5.74) is 0.614. The second kappa shape index (κ2) is 6.72. The number of rotatable bonds is 6. The molecule has 2 amide bonds. The summed E-state index contributed by atoms with van der Waals surface area (Å²) in [6.45, 7) is 8.03. The van der Waals surface area contributed by atoms with Crippen molar-refractivity contribution in [3.05, 3.63) is 24.3 Å². The van der Waals surface area contributed by atoms with E-state index in [1.807, 2.05) is 25.7 Å². The Morgan fingerprint density at radius 2 is 1.76 bits per heavy atom. The summed E-state index contributed by atoms with van der Waals surface area (Å²) in [4.78, 5) is 28.0. The molecule has 0 spiro atoms. The van der Waals surface area contributed by atoms with Crippen molar-refractivity contribution in [2.75, 3.05) is 24.6 Å². The molecule has 5 nitrogen and oxygen atoms in total. The van der Waals surface area contributed by atoms with Gasteiger partial charge in [-0.15, -0.1) is 0 Å². The van der Waals surface area contributed by atoms with Gasteiger partial charge in [0, 0.05) is 0 Å². The van der Waals surface area contributed by atoms with Crippen LogP contribution in [0.4, 0.5) is 5.69 Å². The summed E-state index contributed by atoms with van der Waals surface area (Å²) < 4.78 is 5.37. The van der Waals surface area contributed by atoms with Crippen LogP contribution in [0.25, 0.3) is 0 Å². The third-order valence-corrected chi connectivity index (χ3v) is 3.78. The van der Waals surface area contributed by atoms with Crippen molar-refractivity contribution in [3.8, 4) is 5.75 Å². The highest BCUT2D eigenvalue weighted by atomic mass is 16.5. The first-order valence-corrected chi connectivity index (χ1v) is 7.46. The lowest BCUT2D eigenvalue weighted by Gasteiger charge is -2.24. The van der Waals surface area contributed by atoms with Gasteiger partial charge >= 0.3 is 0 Å². The molecule has 0 saturated carbocycles. The summed E-state index contributed by atoms with van der Waals surface area (Å²) in [6.07, 6.45) is 0.258. The minimum atomic E-state index is -0.334. The fourth-order valence-electron chi connectivity index (χ4n) is 2.69. The molecule has 0 radical (unpaired) electrons. The second-order valence-electron chi connectivity index (χ2n) is 4.94. The lowest BCUT2D eigenvalue weighted by atomic mass is 10.2. The van der Waals surface area contributed by atoms with Gasteiger partial charge < -0.3 is 4.74 Å². The largest absolute Gasteiger partial charge is 0.494 e. The molecule has 0 aliphatic carbocycles. The Balaban J connectivity index is 2.19. The summed E-state index contributed by atoms with van der Waals surface area (Å²) >= 11 is 0. The molecule has 1 atom stereocenters. The van der Waals surface area contributed by atoms with E-state index >= 15 is 0 Å². The fourth-order valence-corrected chi connectivity index (χ4v) is 2.69. The lowest BCUT2D eigenvalue weighted by molar-refractivity contribution is -0.122. The Morgan fingerprint density at radius 1 is 1.14 bits per heavy atom. The molecule has 1 heterocycles. The van der Waals surface area contributed by atoms with Gasteiger partial charge in [0.25, 0.3) is 5.91 Å². The Labute approximate surface area is 125 Å². The van der Waals surface area contributed by atoms with Crippen molar-refractivity contribution in [1.29, 1.82) is 0 Å². The minimum Gasteiger partial charge on any atom is -0.494 e. The third kappa shape index (κ3) is 3.08. The number of carbonyl (C=O) groups excluding carboxylic acids is 2. The average Bonchev–Trinajstić information content (AvgIpc) is 2.77. The van der Waals surface area contributed by atoms with E-state index in [4.69, 9.17) is 4.74 Å². The molecule has 0 bridgehead atoms. The maximum absolute atomic E-state index is 12.5. The number of likely N-dealkylation sites (N-methyl/N-ethyl adjacent to an activating group) is 1. The van der Waals surface area contributed by atoms with Gasteiger partial charge in [-0.05, 0) is 44.3 Å². The number of anilines is 1. The molecule has 0 N–H and O–H groups in total. The van der Waals surface area contributed by atoms with Gasteiger partial charge in [0.15, 0.2) is 0 Å². The van der Waals surface area contributed by atoms with E-state index < -0.39 is 0 Å². The number of ether oxygens (including phenoxy) is 1. The maximum atomic E-state index is 12.5. The molecule has 1 aliphatic rings. The number of carbonyl (C=O) groups is 2. The monoisotopic (exact) mass is 290 g/mol. The molecule has 1 fully saturated rings. The van der Waals surface area contributed by atoms with Crippen LogP contribution < -0.4 is 9.64 Å². The highest BCUT2D eigenvalue weighted by Crippen LogP contribution is 2.27. The van der Waals surface area contributed by atoms with Gasteiger partial charge in [0.05, 0.1) is 24.8 Å².